The zero-order valence-electron chi connectivity index (χ0n) is 42.1. The maximum Gasteiger partial charge on any atom is 0.410 e. The van der Waals surface area contributed by atoms with Crippen LogP contribution in [0.5, 0.6) is 11.8 Å². The summed E-state index contributed by atoms with van der Waals surface area (Å²) in [6, 6.07) is 6.61. The number of rotatable bonds is 22. The van der Waals surface area contributed by atoms with Gasteiger partial charge in [0.15, 0.2) is 5.75 Å². The molecule has 0 radical (unpaired) electrons. The summed E-state index contributed by atoms with van der Waals surface area (Å²) in [6.07, 6.45) is 7.83. The number of hydrogen-bond acceptors (Lipinski definition) is 15. The SMILES string of the molecule is CNc1cc(F)cc2c1[nH]c1nc(Oc3cnc(C)nc3)nc(N3CC4CCN(C(=O)OCc5ccc(NC(=O)C(CCCNC(N)=O)NC(=O)[C@@H](NC(=O)CCCCCN6C(=O)C=CC6=O)C(C)C)cc5)C4C3)c12. The number of nitrogens with one attached hydrogen (secondary N) is 6. The highest BCUT2D eigenvalue weighted by Gasteiger charge is 2.45. The van der Waals surface area contributed by atoms with Crippen LogP contribution in [0.4, 0.5) is 31.2 Å². The van der Waals surface area contributed by atoms with Gasteiger partial charge in [-0.2, -0.15) is 9.97 Å². The van der Waals surface area contributed by atoms with Gasteiger partial charge in [-0.1, -0.05) is 32.4 Å². The van der Waals surface area contributed by atoms with Crippen molar-refractivity contribution in [3.8, 4) is 11.8 Å². The number of likely N-dealkylation sites (tertiary alicyclic amines) is 1. The maximum absolute atomic E-state index is 15.0. The molecule has 396 valence electrons. The predicted molar refractivity (Wildman–Crippen MR) is 274 cm³/mol. The summed E-state index contributed by atoms with van der Waals surface area (Å²) in [5, 5.41) is 15.1. The number of carbonyl (C=O) groups excluding carboxylic acids is 7. The van der Waals surface area contributed by atoms with Crippen molar-refractivity contribution < 1.29 is 47.4 Å². The fourth-order valence-electron chi connectivity index (χ4n) is 9.55. The average molecular weight is 1030 g/mol. The predicted octanol–water partition coefficient (Wildman–Crippen LogP) is 4.53. The zero-order valence-corrected chi connectivity index (χ0v) is 42.1. The third kappa shape index (κ3) is 12.9. The average Bonchev–Trinajstić information content (AvgIpc) is 4.18. The van der Waals surface area contributed by atoms with E-state index >= 15 is 4.39 Å². The number of imide groups is 1. The number of nitrogens with two attached hydrogens (primary N) is 1. The van der Waals surface area contributed by atoms with Gasteiger partial charge < -0.3 is 56.6 Å². The van der Waals surface area contributed by atoms with Gasteiger partial charge in [-0.25, -0.2) is 23.9 Å². The second-order valence-electron chi connectivity index (χ2n) is 19.1. The van der Waals surface area contributed by atoms with Gasteiger partial charge in [-0.15, -0.1) is 0 Å². The van der Waals surface area contributed by atoms with Gasteiger partial charge in [0.1, 0.15) is 41.8 Å². The number of amides is 8. The van der Waals surface area contributed by atoms with Gasteiger partial charge in [0.25, 0.3) is 11.8 Å². The fourth-order valence-corrected chi connectivity index (χ4v) is 9.55. The molecule has 8 N–H and O–H groups in total. The smallest absolute Gasteiger partial charge is 0.410 e. The first-order valence-corrected chi connectivity index (χ1v) is 25.0. The minimum absolute atomic E-state index is 0.0367. The van der Waals surface area contributed by atoms with E-state index in [2.05, 4.69) is 51.4 Å². The Labute approximate surface area is 430 Å². The van der Waals surface area contributed by atoms with Crippen molar-refractivity contribution >= 4 is 80.8 Å². The number of aromatic nitrogens is 5. The number of halogens is 1. The molecule has 2 saturated heterocycles. The number of carbonyl (C=O) groups is 7. The summed E-state index contributed by atoms with van der Waals surface area (Å²) in [6.45, 7) is 7.10. The van der Waals surface area contributed by atoms with E-state index in [4.69, 9.17) is 20.2 Å². The molecule has 0 aliphatic carbocycles. The van der Waals surface area contributed by atoms with Crippen LogP contribution in [0.15, 0.2) is 60.9 Å². The molecule has 75 heavy (non-hydrogen) atoms. The Hall–Kier alpha value is -8.44. The van der Waals surface area contributed by atoms with E-state index in [1.165, 1.54) is 36.7 Å². The second-order valence-corrected chi connectivity index (χ2v) is 19.1. The summed E-state index contributed by atoms with van der Waals surface area (Å²) in [7, 11) is 1.71. The number of urea groups is 1. The molecule has 2 aromatic carbocycles. The van der Waals surface area contributed by atoms with Gasteiger partial charge in [0.2, 0.25) is 17.7 Å². The molecule has 0 bridgehead atoms. The van der Waals surface area contributed by atoms with Gasteiger partial charge in [0.05, 0.1) is 35.0 Å². The van der Waals surface area contributed by atoms with E-state index in [-0.39, 0.29) is 74.1 Å². The summed E-state index contributed by atoms with van der Waals surface area (Å²) >= 11 is 0. The molecule has 23 nitrogen and oxygen atoms in total. The monoisotopic (exact) mass is 1030 g/mol. The number of aryl methyl sites for hydroxylation is 1. The van der Waals surface area contributed by atoms with Crippen LogP contribution in [-0.2, 0) is 35.3 Å². The van der Waals surface area contributed by atoms with E-state index < -0.39 is 41.8 Å². The van der Waals surface area contributed by atoms with E-state index in [1.807, 2.05) is 0 Å². The van der Waals surface area contributed by atoms with Gasteiger partial charge in [0, 0.05) is 75.3 Å². The number of primary amides is 1. The Morgan fingerprint density at radius 2 is 1.68 bits per heavy atom. The summed E-state index contributed by atoms with van der Waals surface area (Å²) in [5.41, 5.74) is 7.91. The highest BCUT2D eigenvalue weighted by Crippen LogP contribution is 2.41. The highest BCUT2D eigenvalue weighted by atomic mass is 19.1. The molecule has 24 heteroatoms. The van der Waals surface area contributed by atoms with Crippen LogP contribution < -0.4 is 42.0 Å². The largest absolute Gasteiger partial charge is 0.445 e. The molecule has 3 aliphatic rings. The van der Waals surface area contributed by atoms with Crippen molar-refractivity contribution in [2.24, 2.45) is 17.6 Å². The summed E-state index contributed by atoms with van der Waals surface area (Å²) in [4.78, 5) is 115. The number of hydrogen-bond donors (Lipinski definition) is 7. The quantitative estimate of drug-likeness (QED) is 0.0370. The highest BCUT2D eigenvalue weighted by molar-refractivity contribution is 6.15. The molecule has 3 aliphatic heterocycles. The molecule has 8 amide bonds. The molecule has 3 aromatic heterocycles. The Bertz CT molecular complexity index is 2970. The molecule has 8 rings (SSSR count). The van der Waals surface area contributed by atoms with Gasteiger partial charge in [-0.3, -0.25) is 28.9 Å². The molecule has 0 spiro atoms. The molecule has 4 atom stereocenters. The lowest BCUT2D eigenvalue weighted by molar-refractivity contribution is -0.137. The van der Waals surface area contributed by atoms with E-state index in [0.29, 0.717) is 102 Å². The van der Waals surface area contributed by atoms with Crippen LogP contribution in [0.2, 0.25) is 0 Å². The second kappa shape index (κ2) is 23.6. The molecule has 0 saturated carbocycles. The summed E-state index contributed by atoms with van der Waals surface area (Å²) in [5.74, 6) is -1.46. The maximum atomic E-state index is 15.0. The van der Waals surface area contributed by atoms with Crippen LogP contribution >= 0.6 is 0 Å². The zero-order chi connectivity index (χ0) is 53.3. The normalized spacial score (nSPS) is 16.9. The van der Waals surface area contributed by atoms with Crippen molar-refractivity contribution in [3.05, 3.63) is 78.1 Å². The first kappa shape index (κ1) is 52.9. The number of anilines is 3. The number of aromatic amines is 1. The van der Waals surface area contributed by atoms with Crippen LogP contribution in [-0.4, -0.2) is 134 Å². The van der Waals surface area contributed by atoms with Crippen LogP contribution in [0.1, 0.15) is 70.2 Å². The first-order chi connectivity index (χ1) is 36.0. The molecule has 2 fully saturated rings. The molecular formula is C51H61FN14O9. The standard InChI is InChI=1S/C51H61FN14O9/c1-28(2)43(60-39(67)10-6-5-7-19-66-40(68)15-16-41(66)69)48(71)59-36(9-8-18-55-49(53)72)47(70)58-33-13-11-30(12-14-33)27-74-51(73)65-20-17-31-25-64(26-38(31)65)46-42-35-21-32(52)22-37(54-4)44(35)61-45(42)62-50(63-46)75-34-23-56-29(3)57-24-34/h11-16,21-24,28,31,36,38,43,54H,5-10,17-20,25-27H2,1-4H3,(H,58,70)(H,59,71)(H,60,67)(H3,53,55,72)(H,61,62,63)/t31?,36?,38?,43-/m0/s1. The number of unbranched alkanes of at least 4 members (excludes halogenated alkanes) is 2. The van der Waals surface area contributed by atoms with Crippen molar-refractivity contribution in [1.82, 2.24) is 50.7 Å². The van der Waals surface area contributed by atoms with Crippen molar-refractivity contribution in [2.75, 3.05) is 55.3 Å². The van der Waals surface area contributed by atoms with Crippen LogP contribution in [0.25, 0.3) is 21.9 Å². The number of H-pyrrole nitrogens is 1. The molecule has 3 unspecified atom stereocenters. The molecule has 5 aromatic rings. The van der Waals surface area contributed by atoms with E-state index in [1.54, 1.807) is 57.0 Å². The number of nitrogens with zero attached hydrogens (tertiary/aromatic N) is 7. The Balaban J connectivity index is 0.864. The molecular weight excluding hydrogens is 972 g/mol. The lowest BCUT2D eigenvalue weighted by atomic mass is 10.0. The number of benzene rings is 2. The topological polar surface area (TPSA) is 301 Å². The molecule has 6 heterocycles. The lowest BCUT2D eigenvalue weighted by Gasteiger charge is -2.25. The Kier molecular flexibility index (Phi) is 16.6. The van der Waals surface area contributed by atoms with Gasteiger partial charge >= 0.3 is 18.1 Å². The first-order valence-electron chi connectivity index (χ1n) is 25.0. The van der Waals surface area contributed by atoms with E-state index in [0.717, 1.165) is 11.3 Å². The summed E-state index contributed by atoms with van der Waals surface area (Å²) < 4.78 is 26.9. The number of fused-ring (bicyclic) bond motifs is 4. The number of ether oxygens (including phenoxy) is 2. The third-order valence-corrected chi connectivity index (χ3v) is 13.4. The third-order valence-electron chi connectivity index (χ3n) is 13.4. The fraction of sp³-hybridized carbons (Fsp3) is 0.431. The van der Waals surface area contributed by atoms with Crippen molar-refractivity contribution in [3.63, 3.8) is 0 Å². The van der Waals surface area contributed by atoms with Crippen LogP contribution in [0.3, 0.4) is 0 Å². The van der Waals surface area contributed by atoms with Crippen molar-refractivity contribution in [1.29, 1.82) is 0 Å². The minimum atomic E-state index is -1.06. The van der Waals surface area contributed by atoms with Crippen LogP contribution in [0, 0.1) is 24.6 Å². The van der Waals surface area contributed by atoms with Gasteiger partial charge in [-0.05, 0) is 74.8 Å². The Morgan fingerprint density at radius 3 is 2.39 bits per heavy atom. The lowest BCUT2D eigenvalue weighted by Crippen LogP contribution is -2.54. The van der Waals surface area contributed by atoms with Crippen molar-refractivity contribution in [2.45, 2.75) is 90.4 Å². The minimum Gasteiger partial charge on any atom is -0.445 e. The Morgan fingerprint density at radius 1 is 0.933 bits per heavy atom. The van der Waals surface area contributed by atoms with E-state index in [9.17, 15) is 33.6 Å².